The van der Waals surface area contributed by atoms with Gasteiger partial charge in [0.15, 0.2) is 0 Å². The molecule has 0 amide bonds. The van der Waals surface area contributed by atoms with E-state index in [0.29, 0.717) is 0 Å². The van der Waals surface area contributed by atoms with Crippen LogP contribution in [0.25, 0.3) is 87.2 Å². The zero-order valence-electron chi connectivity index (χ0n) is 24.4. The highest BCUT2D eigenvalue weighted by Gasteiger charge is 2.26. The molecule has 1 nitrogen and oxygen atoms in total. The van der Waals surface area contributed by atoms with Crippen LogP contribution in [0.5, 0.6) is 11.5 Å². The number of rotatable bonds is 2. The average Bonchev–Trinajstić information content (AvgIpc) is 3.10. The van der Waals surface area contributed by atoms with Gasteiger partial charge in [-0.15, -0.1) is 0 Å². The first kappa shape index (κ1) is 24.5. The van der Waals surface area contributed by atoms with Gasteiger partial charge in [0.05, 0.1) is 0 Å². The molecular weight excluding hydrogens is 544 g/mol. The van der Waals surface area contributed by atoms with Gasteiger partial charge >= 0.3 is 0 Å². The van der Waals surface area contributed by atoms with E-state index >= 15 is 0 Å². The SMILES string of the molecule is c1ccc2c(-c3c4ccccc4c(-c4cc5c(c6ccccc46)-c4cccc6cccc(c46)O5)c4ccccc34)cccc2c1. The third kappa shape index (κ3) is 3.44. The van der Waals surface area contributed by atoms with Crippen LogP contribution >= 0.6 is 0 Å². The molecule has 208 valence electrons. The molecule has 0 aliphatic carbocycles. The van der Waals surface area contributed by atoms with Gasteiger partial charge in [-0.2, -0.15) is 0 Å². The largest absolute Gasteiger partial charge is 0.456 e. The minimum atomic E-state index is 0.904. The lowest BCUT2D eigenvalue weighted by molar-refractivity contribution is 0.488. The number of fused-ring (bicyclic) bond motifs is 7. The van der Waals surface area contributed by atoms with Crippen molar-refractivity contribution in [2.24, 2.45) is 0 Å². The molecule has 10 rings (SSSR count). The molecule has 9 aromatic rings. The van der Waals surface area contributed by atoms with Gasteiger partial charge in [0.25, 0.3) is 0 Å². The highest BCUT2D eigenvalue weighted by molar-refractivity contribution is 6.26. The van der Waals surface area contributed by atoms with Crippen LogP contribution < -0.4 is 4.74 Å². The van der Waals surface area contributed by atoms with Gasteiger partial charge in [0, 0.05) is 10.9 Å². The van der Waals surface area contributed by atoms with Crippen molar-refractivity contribution in [3.8, 4) is 44.9 Å². The first-order valence-electron chi connectivity index (χ1n) is 15.5. The molecule has 1 heteroatoms. The minimum Gasteiger partial charge on any atom is -0.456 e. The fourth-order valence-corrected chi connectivity index (χ4v) is 7.79. The van der Waals surface area contributed by atoms with Crippen LogP contribution in [0.3, 0.4) is 0 Å². The predicted molar refractivity (Wildman–Crippen MR) is 190 cm³/mol. The second kappa shape index (κ2) is 9.29. The Morgan fingerprint density at radius 3 is 1.42 bits per heavy atom. The normalized spacial score (nSPS) is 12.2. The fourth-order valence-electron chi connectivity index (χ4n) is 7.79. The van der Waals surface area contributed by atoms with E-state index in [9.17, 15) is 0 Å². The van der Waals surface area contributed by atoms with Gasteiger partial charge in [-0.05, 0) is 88.4 Å². The Labute approximate surface area is 260 Å². The monoisotopic (exact) mass is 570 g/mol. The van der Waals surface area contributed by atoms with Crippen molar-refractivity contribution < 1.29 is 4.74 Å². The Bertz CT molecular complexity index is 2610. The molecule has 0 saturated heterocycles. The van der Waals surface area contributed by atoms with Crippen LogP contribution in [0.4, 0.5) is 0 Å². The van der Waals surface area contributed by atoms with Crippen molar-refractivity contribution >= 4 is 53.9 Å². The fraction of sp³-hybridized carbons (Fsp3) is 0. The van der Waals surface area contributed by atoms with Crippen LogP contribution in [-0.4, -0.2) is 0 Å². The molecule has 0 bridgehead atoms. The van der Waals surface area contributed by atoms with E-state index in [0.717, 1.165) is 11.5 Å². The Hall–Kier alpha value is -5.92. The molecule has 0 aromatic heterocycles. The molecule has 0 N–H and O–H groups in total. The molecule has 0 fully saturated rings. The molecule has 0 saturated carbocycles. The minimum absolute atomic E-state index is 0.904. The molecule has 9 aromatic carbocycles. The van der Waals surface area contributed by atoms with Gasteiger partial charge in [-0.1, -0.05) is 146 Å². The molecule has 0 atom stereocenters. The summed E-state index contributed by atoms with van der Waals surface area (Å²) in [5, 5.41) is 12.3. The summed E-state index contributed by atoms with van der Waals surface area (Å²) in [5.74, 6) is 1.82. The van der Waals surface area contributed by atoms with Gasteiger partial charge in [0.1, 0.15) is 11.5 Å². The van der Waals surface area contributed by atoms with Crippen LogP contribution in [0, 0.1) is 0 Å². The number of ether oxygens (including phenoxy) is 1. The van der Waals surface area contributed by atoms with E-state index in [-0.39, 0.29) is 0 Å². The number of hydrogen-bond donors (Lipinski definition) is 0. The lowest BCUT2D eigenvalue weighted by Crippen LogP contribution is -1.99. The topological polar surface area (TPSA) is 9.23 Å². The van der Waals surface area contributed by atoms with Crippen LogP contribution in [0.15, 0.2) is 158 Å². The van der Waals surface area contributed by atoms with E-state index in [1.807, 2.05) is 0 Å². The van der Waals surface area contributed by atoms with Crippen molar-refractivity contribution in [2.75, 3.05) is 0 Å². The van der Waals surface area contributed by atoms with E-state index in [4.69, 9.17) is 4.74 Å². The molecule has 1 heterocycles. The Kier molecular flexibility index (Phi) is 5.06. The highest BCUT2D eigenvalue weighted by atomic mass is 16.5. The van der Waals surface area contributed by atoms with E-state index < -0.39 is 0 Å². The Morgan fingerprint density at radius 1 is 0.289 bits per heavy atom. The summed E-state index contributed by atoms with van der Waals surface area (Å²) in [6.07, 6.45) is 0. The van der Waals surface area contributed by atoms with Crippen molar-refractivity contribution in [3.05, 3.63) is 158 Å². The van der Waals surface area contributed by atoms with E-state index in [1.165, 1.54) is 87.2 Å². The third-order valence-corrected chi connectivity index (χ3v) is 9.62. The first-order chi connectivity index (χ1) is 22.3. The standard InChI is InChI=1S/C44H26O/c1-2-16-29-27(12-1)13-9-23-31(29)42-33-19-5-7-21-35(33)43(36-22-8-6-20-34(36)42)38-26-40-44(32-18-4-3-17-30(32)38)37-24-10-14-28-15-11-25-39(45-40)41(28)37/h1-26H. The van der Waals surface area contributed by atoms with Crippen molar-refractivity contribution in [2.45, 2.75) is 0 Å². The molecule has 0 radical (unpaired) electrons. The zero-order valence-corrected chi connectivity index (χ0v) is 24.4. The summed E-state index contributed by atoms with van der Waals surface area (Å²) < 4.78 is 6.79. The highest BCUT2D eigenvalue weighted by Crippen LogP contribution is 2.53. The van der Waals surface area contributed by atoms with Gasteiger partial charge in [-0.3, -0.25) is 0 Å². The summed E-state index contributed by atoms with van der Waals surface area (Å²) >= 11 is 0. The smallest absolute Gasteiger partial charge is 0.136 e. The van der Waals surface area contributed by atoms with Gasteiger partial charge < -0.3 is 4.74 Å². The molecule has 1 aliphatic rings. The number of hydrogen-bond acceptors (Lipinski definition) is 1. The summed E-state index contributed by atoms with van der Waals surface area (Å²) in [6, 6.07) is 57.2. The third-order valence-electron chi connectivity index (χ3n) is 9.62. The molecular formula is C44H26O. The van der Waals surface area contributed by atoms with Crippen LogP contribution in [0.2, 0.25) is 0 Å². The summed E-state index contributed by atoms with van der Waals surface area (Å²) in [6.45, 7) is 0. The quantitative estimate of drug-likeness (QED) is 0.188. The molecule has 1 aliphatic heterocycles. The van der Waals surface area contributed by atoms with Crippen molar-refractivity contribution in [1.29, 1.82) is 0 Å². The number of benzene rings is 9. The van der Waals surface area contributed by atoms with Crippen LogP contribution in [0.1, 0.15) is 0 Å². The molecule has 0 unspecified atom stereocenters. The average molecular weight is 571 g/mol. The van der Waals surface area contributed by atoms with Crippen molar-refractivity contribution in [3.63, 3.8) is 0 Å². The van der Waals surface area contributed by atoms with Gasteiger partial charge in [-0.25, -0.2) is 0 Å². The summed E-state index contributed by atoms with van der Waals surface area (Å²) in [5.41, 5.74) is 7.36. The summed E-state index contributed by atoms with van der Waals surface area (Å²) in [4.78, 5) is 0. The van der Waals surface area contributed by atoms with Gasteiger partial charge in [0.2, 0.25) is 0 Å². The summed E-state index contributed by atoms with van der Waals surface area (Å²) in [7, 11) is 0. The van der Waals surface area contributed by atoms with E-state index in [1.54, 1.807) is 0 Å². The molecule has 45 heavy (non-hydrogen) atoms. The predicted octanol–water partition coefficient (Wildman–Crippen LogP) is 12.6. The zero-order chi connectivity index (χ0) is 29.5. The molecule has 0 spiro atoms. The maximum Gasteiger partial charge on any atom is 0.136 e. The Morgan fingerprint density at radius 2 is 0.756 bits per heavy atom. The first-order valence-corrected chi connectivity index (χ1v) is 15.5. The maximum absolute atomic E-state index is 6.79. The second-order valence-electron chi connectivity index (χ2n) is 12.0. The second-order valence-corrected chi connectivity index (χ2v) is 12.0. The maximum atomic E-state index is 6.79. The van der Waals surface area contributed by atoms with Crippen molar-refractivity contribution in [1.82, 2.24) is 0 Å². The Balaban J connectivity index is 1.36. The lowest BCUT2D eigenvalue weighted by atomic mass is 9.82. The van der Waals surface area contributed by atoms with E-state index in [2.05, 4.69) is 158 Å². The lowest BCUT2D eigenvalue weighted by Gasteiger charge is -2.25. The van der Waals surface area contributed by atoms with Crippen LogP contribution in [-0.2, 0) is 0 Å².